The zero-order chi connectivity index (χ0) is 26.3. The van der Waals surface area contributed by atoms with Gasteiger partial charge in [-0.3, -0.25) is 0 Å². The van der Waals surface area contributed by atoms with Gasteiger partial charge in [-0.15, -0.1) is 0 Å². The predicted octanol–water partition coefficient (Wildman–Crippen LogP) is 6.15. The summed E-state index contributed by atoms with van der Waals surface area (Å²) in [6.07, 6.45) is 8.18. The lowest BCUT2D eigenvalue weighted by Crippen LogP contribution is -2.54. The summed E-state index contributed by atoms with van der Waals surface area (Å²) in [4.78, 5) is 0. The molecular formula is C30H49BO4Si. The third-order valence-electron chi connectivity index (χ3n) is 11.2. The van der Waals surface area contributed by atoms with E-state index in [9.17, 15) is 0 Å². The number of hydrogen-bond donors (Lipinski definition) is 0. The van der Waals surface area contributed by atoms with Gasteiger partial charge in [0.2, 0.25) is 0 Å². The van der Waals surface area contributed by atoms with E-state index in [4.69, 9.17) is 18.8 Å². The van der Waals surface area contributed by atoms with E-state index in [1.165, 1.54) is 49.3 Å². The molecule has 1 aromatic rings. The molecule has 4 nitrogen and oxygen atoms in total. The summed E-state index contributed by atoms with van der Waals surface area (Å²) in [6.45, 7) is 21.1. The third kappa shape index (κ3) is 4.23. The van der Waals surface area contributed by atoms with Gasteiger partial charge >= 0.3 is 7.12 Å². The van der Waals surface area contributed by atoms with Gasteiger partial charge in [0.25, 0.3) is 0 Å². The highest BCUT2D eigenvalue weighted by Gasteiger charge is 2.56. The van der Waals surface area contributed by atoms with E-state index in [-0.39, 0.29) is 17.2 Å². The van der Waals surface area contributed by atoms with Crippen LogP contribution in [-0.2, 0) is 19.5 Å². The first-order valence-corrected chi connectivity index (χ1v) is 17.2. The van der Waals surface area contributed by atoms with Crippen LogP contribution in [0.25, 0.3) is 0 Å². The normalized spacial score (nSPS) is 32.8. The molecule has 0 radical (unpaired) electrons. The maximum absolute atomic E-state index is 6.67. The molecule has 4 bridgehead atoms. The van der Waals surface area contributed by atoms with E-state index < -0.39 is 26.4 Å². The molecule has 200 valence electrons. The lowest BCUT2D eigenvalue weighted by molar-refractivity contribution is -0.00867. The van der Waals surface area contributed by atoms with E-state index in [2.05, 4.69) is 73.7 Å². The average molecular weight is 513 g/mol. The first kappa shape index (κ1) is 26.8. The van der Waals surface area contributed by atoms with Gasteiger partial charge in [-0.2, -0.15) is 0 Å². The summed E-state index contributed by atoms with van der Waals surface area (Å²) in [5, 5.41) is 1.73. The van der Waals surface area contributed by atoms with Crippen molar-refractivity contribution < 1.29 is 18.8 Å². The van der Waals surface area contributed by atoms with E-state index in [1.54, 1.807) is 7.11 Å². The van der Waals surface area contributed by atoms with E-state index in [0.717, 1.165) is 29.0 Å². The van der Waals surface area contributed by atoms with Crippen LogP contribution in [0.4, 0.5) is 0 Å². The molecule has 1 aliphatic heterocycles. The van der Waals surface area contributed by atoms with Gasteiger partial charge in [0.05, 0.1) is 19.3 Å². The van der Waals surface area contributed by atoms with Gasteiger partial charge in [0.15, 0.2) is 6.79 Å². The minimum Gasteiger partial charge on any atom is -0.468 e. The van der Waals surface area contributed by atoms with Crippen molar-refractivity contribution in [2.24, 2.45) is 17.8 Å². The molecule has 1 aromatic carbocycles. The molecule has 1 heterocycles. The SMILES string of the molecule is COCOc1c(B2OC(C)(C)C(C)(C)O2)cc([Si](C)(C)C(C)(C)C)cc1C12CC3CC(CC(C3)C1)C2. The summed E-state index contributed by atoms with van der Waals surface area (Å²) in [5.74, 6) is 3.56. The topological polar surface area (TPSA) is 36.9 Å². The third-order valence-corrected chi connectivity index (χ3v) is 16.6. The van der Waals surface area contributed by atoms with Crippen molar-refractivity contribution in [3.8, 4) is 5.75 Å². The highest BCUT2D eigenvalue weighted by atomic mass is 28.3. The van der Waals surface area contributed by atoms with Crippen LogP contribution in [0.1, 0.15) is 92.6 Å². The largest absolute Gasteiger partial charge is 0.498 e. The number of ether oxygens (including phenoxy) is 2. The fourth-order valence-corrected chi connectivity index (χ4v) is 9.59. The fourth-order valence-electron chi connectivity index (χ4n) is 7.70. The molecule has 0 N–H and O–H groups in total. The molecule has 0 atom stereocenters. The van der Waals surface area contributed by atoms with Gasteiger partial charge in [-0.25, -0.2) is 0 Å². The van der Waals surface area contributed by atoms with Crippen molar-refractivity contribution in [1.29, 1.82) is 0 Å². The number of rotatable bonds is 6. The summed E-state index contributed by atoms with van der Waals surface area (Å²) in [5.41, 5.74) is 1.90. The molecule has 5 aliphatic rings. The summed E-state index contributed by atoms with van der Waals surface area (Å²) >= 11 is 0. The van der Waals surface area contributed by atoms with E-state index >= 15 is 0 Å². The van der Waals surface area contributed by atoms with Crippen molar-refractivity contribution >= 4 is 25.8 Å². The van der Waals surface area contributed by atoms with Crippen molar-refractivity contribution in [2.45, 2.75) is 122 Å². The Bertz CT molecular complexity index is 958. The van der Waals surface area contributed by atoms with Crippen LogP contribution in [0.15, 0.2) is 12.1 Å². The van der Waals surface area contributed by atoms with Crippen LogP contribution >= 0.6 is 0 Å². The Labute approximate surface area is 221 Å². The summed E-state index contributed by atoms with van der Waals surface area (Å²) in [6, 6.07) is 4.96. The molecule has 5 fully saturated rings. The molecule has 36 heavy (non-hydrogen) atoms. The number of methoxy groups -OCH3 is 1. The van der Waals surface area contributed by atoms with E-state index in [1.807, 2.05) is 0 Å². The first-order chi connectivity index (χ1) is 16.6. The average Bonchev–Trinajstić information content (AvgIpc) is 2.96. The zero-order valence-corrected chi connectivity index (χ0v) is 25.5. The second kappa shape index (κ2) is 8.59. The molecule has 1 saturated heterocycles. The maximum atomic E-state index is 6.67. The van der Waals surface area contributed by atoms with Gasteiger partial charge in [0.1, 0.15) is 5.75 Å². The van der Waals surface area contributed by atoms with Crippen molar-refractivity contribution in [1.82, 2.24) is 0 Å². The minimum absolute atomic E-state index is 0.203. The Morgan fingerprint density at radius 2 is 1.42 bits per heavy atom. The Balaban J connectivity index is 1.72. The molecule has 0 spiro atoms. The van der Waals surface area contributed by atoms with Crippen LogP contribution in [-0.4, -0.2) is 40.3 Å². The van der Waals surface area contributed by atoms with Crippen molar-refractivity contribution in [3.63, 3.8) is 0 Å². The highest BCUT2D eigenvalue weighted by molar-refractivity contribution is 6.92. The molecule has 0 unspecified atom stereocenters. The molecule has 0 aromatic heterocycles. The highest BCUT2D eigenvalue weighted by Crippen LogP contribution is 2.62. The van der Waals surface area contributed by atoms with Crippen LogP contribution in [0.3, 0.4) is 0 Å². The van der Waals surface area contributed by atoms with Crippen molar-refractivity contribution in [2.75, 3.05) is 13.9 Å². The second-order valence-electron chi connectivity index (χ2n) is 15.2. The minimum atomic E-state index is -1.83. The monoisotopic (exact) mass is 512 g/mol. The molecule has 0 amide bonds. The second-order valence-corrected chi connectivity index (χ2v) is 20.5. The molecule has 4 aliphatic carbocycles. The lowest BCUT2D eigenvalue weighted by atomic mass is 9.47. The first-order valence-electron chi connectivity index (χ1n) is 14.2. The smallest absolute Gasteiger partial charge is 0.468 e. The standard InChI is InChI=1S/C30H49BO4Si/c1-27(2,3)36(9,10)23-14-24(30-16-20-11-21(17-30)13-22(12-20)18-30)26(33-19-32-8)25(15-23)31-34-28(4,5)29(6,7)35-31/h14-15,20-22H,11-13,16-19H2,1-10H3. The van der Waals surface area contributed by atoms with Crippen LogP contribution in [0.2, 0.25) is 18.1 Å². The quantitative estimate of drug-likeness (QED) is 0.338. The van der Waals surface area contributed by atoms with E-state index in [0.29, 0.717) is 0 Å². The van der Waals surface area contributed by atoms with Gasteiger partial charge in [-0.1, -0.05) is 51.2 Å². The maximum Gasteiger partial charge on any atom is 0.498 e. The summed E-state index contributed by atoms with van der Waals surface area (Å²) in [7, 11) is -0.566. The number of hydrogen-bond acceptors (Lipinski definition) is 4. The Morgan fingerprint density at radius 1 is 0.917 bits per heavy atom. The molecule has 6 rings (SSSR count). The van der Waals surface area contributed by atoms with Gasteiger partial charge in [0, 0.05) is 12.6 Å². The van der Waals surface area contributed by atoms with Crippen LogP contribution in [0, 0.1) is 17.8 Å². The Hall–Kier alpha value is -0.818. The van der Waals surface area contributed by atoms with Crippen LogP contribution < -0.4 is 15.4 Å². The predicted molar refractivity (Wildman–Crippen MR) is 151 cm³/mol. The summed E-state index contributed by atoms with van der Waals surface area (Å²) < 4.78 is 25.4. The van der Waals surface area contributed by atoms with Gasteiger partial charge in [-0.05, 0) is 100.0 Å². The fraction of sp³-hybridized carbons (Fsp3) is 0.800. The number of benzene rings is 1. The lowest BCUT2D eigenvalue weighted by Gasteiger charge is -2.57. The molecule has 6 heteroatoms. The zero-order valence-electron chi connectivity index (χ0n) is 24.5. The van der Waals surface area contributed by atoms with Gasteiger partial charge < -0.3 is 18.8 Å². The molecule has 4 saturated carbocycles. The Kier molecular flexibility index (Phi) is 6.39. The van der Waals surface area contributed by atoms with Crippen molar-refractivity contribution in [3.05, 3.63) is 17.7 Å². The molecular weight excluding hydrogens is 463 g/mol. The van der Waals surface area contributed by atoms with Crippen LogP contribution in [0.5, 0.6) is 5.75 Å². The Morgan fingerprint density at radius 3 is 1.86 bits per heavy atom.